The molecule has 1 fully saturated rings. The Hall–Kier alpha value is -1.88. The van der Waals surface area contributed by atoms with Crippen LogP contribution < -0.4 is 5.32 Å². The number of carbonyl (C=O) groups is 1. The van der Waals surface area contributed by atoms with E-state index < -0.39 is 0 Å². The number of amides is 1. The fourth-order valence-corrected chi connectivity index (χ4v) is 4.28. The van der Waals surface area contributed by atoms with Crippen molar-refractivity contribution >= 4 is 16.9 Å². The van der Waals surface area contributed by atoms with Gasteiger partial charge in [0.25, 0.3) is 5.91 Å². The maximum atomic E-state index is 12.5. The van der Waals surface area contributed by atoms with Crippen molar-refractivity contribution in [1.82, 2.24) is 19.8 Å². The molecule has 0 saturated carbocycles. The monoisotopic (exact) mass is 354 g/mol. The van der Waals surface area contributed by atoms with E-state index in [1.54, 1.807) is 0 Å². The summed E-state index contributed by atoms with van der Waals surface area (Å²) in [5.74, 6) is 1.20. The summed E-state index contributed by atoms with van der Waals surface area (Å²) in [5.41, 5.74) is 2.85. The van der Waals surface area contributed by atoms with Crippen LogP contribution >= 0.6 is 0 Å². The molecule has 1 aromatic carbocycles. The average Bonchev–Trinajstić information content (AvgIpc) is 2.86. The molecule has 0 unspecified atom stereocenters. The van der Waals surface area contributed by atoms with Crippen molar-refractivity contribution in [3.8, 4) is 0 Å². The van der Waals surface area contributed by atoms with Crippen LogP contribution in [0.1, 0.15) is 61.1 Å². The Morgan fingerprint density at radius 1 is 1.00 bits per heavy atom. The third-order valence-electron chi connectivity index (χ3n) is 5.78. The minimum Gasteiger partial charge on any atom is -0.351 e. The van der Waals surface area contributed by atoms with Gasteiger partial charge in [0.05, 0.1) is 11.0 Å². The zero-order valence-electron chi connectivity index (χ0n) is 15.7. The third-order valence-corrected chi connectivity index (χ3v) is 5.78. The lowest BCUT2D eigenvalue weighted by atomic mass is 10.2. The van der Waals surface area contributed by atoms with Gasteiger partial charge in [-0.25, -0.2) is 4.98 Å². The zero-order chi connectivity index (χ0) is 17.8. The number of aromatic nitrogens is 2. The number of rotatable bonds is 4. The number of aryl methyl sites for hydroxylation is 2. The smallest absolute Gasteiger partial charge is 0.251 e. The highest BCUT2D eigenvalue weighted by Gasteiger charge is 2.15. The van der Waals surface area contributed by atoms with Gasteiger partial charge in [0, 0.05) is 31.6 Å². The van der Waals surface area contributed by atoms with Crippen molar-refractivity contribution in [2.45, 2.75) is 57.9 Å². The van der Waals surface area contributed by atoms with Gasteiger partial charge in [-0.05, 0) is 57.0 Å². The van der Waals surface area contributed by atoms with Gasteiger partial charge in [-0.1, -0.05) is 19.3 Å². The molecule has 0 spiro atoms. The average molecular weight is 354 g/mol. The van der Waals surface area contributed by atoms with Crippen LogP contribution in [0.25, 0.3) is 11.0 Å². The number of carbonyl (C=O) groups excluding carboxylic acids is 1. The predicted octanol–water partition coefficient (Wildman–Crippen LogP) is 3.37. The van der Waals surface area contributed by atoms with Crippen molar-refractivity contribution in [3.05, 3.63) is 29.6 Å². The second kappa shape index (κ2) is 8.21. The summed E-state index contributed by atoms with van der Waals surface area (Å²) in [7, 11) is 0. The van der Waals surface area contributed by atoms with Crippen LogP contribution in [-0.4, -0.2) is 46.5 Å². The van der Waals surface area contributed by atoms with Gasteiger partial charge in [-0.3, -0.25) is 4.79 Å². The molecule has 2 aliphatic heterocycles. The summed E-state index contributed by atoms with van der Waals surface area (Å²) in [5, 5.41) is 3.09. The molecule has 140 valence electrons. The first-order chi connectivity index (χ1) is 12.8. The minimum atomic E-state index is 0.0184. The Morgan fingerprint density at radius 3 is 2.62 bits per heavy atom. The number of fused-ring (bicyclic) bond motifs is 3. The Balaban J connectivity index is 1.39. The van der Waals surface area contributed by atoms with Crippen LogP contribution in [0.3, 0.4) is 0 Å². The number of hydrogen-bond donors (Lipinski definition) is 1. The van der Waals surface area contributed by atoms with Gasteiger partial charge in [0.15, 0.2) is 0 Å². The molecule has 1 aromatic heterocycles. The summed E-state index contributed by atoms with van der Waals surface area (Å²) >= 11 is 0. The molecule has 5 heteroatoms. The van der Waals surface area contributed by atoms with E-state index >= 15 is 0 Å². The van der Waals surface area contributed by atoms with Crippen molar-refractivity contribution in [2.75, 3.05) is 26.2 Å². The molecule has 2 aromatic rings. The highest BCUT2D eigenvalue weighted by atomic mass is 16.1. The zero-order valence-corrected chi connectivity index (χ0v) is 15.7. The van der Waals surface area contributed by atoms with Gasteiger partial charge in [0.1, 0.15) is 5.82 Å². The summed E-state index contributed by atoms with van der Waals surface area (Å²) < 4.78 is 2.34. The fourth-order valence-electron chi connectivity index (χ4n) is 4.28. The van der Waals surface area contributed by atoms with Crippen LogP contribution in [0, 0.1) is 0 Å². The molecular weight excluding hydrogens is 324 g/mol. The summed E-state index contributed by atoms with van der Waals surface area (Å²) in [6.07, 6.45) is 10.0. The van der Waals surface area contributed by atoms with Crippen molar-refractivity contribution < 1.29 is 4.79 Å². The molecule has 0 bridgehead atoms. The number of benzene rings is 1. The highest BCUT2D eigenvalue weighted by molar-refractivity contribution is 5.97. The second-order valence-corrected chi connectivity index (χ2v) is 7.71. The minimum absolute atomic E-state index is 0.0184. The first-order valence-corrected chi connectivity index (χ1v) is 10.3. The summed E-state index contributed by atoms with van der Waals surface area (Å²) in [4.78, 5) is 19.8. The van der Waals surface area contributed by atoms with Crippen molar-refractivity contribution in [2.24, 2.45) is 0 Å². The molecule has 2 aliphatic rings. The standard InChI is InChI=1S/C21H30N4O/c26-21(22-11-15-24-12-5-1-2-6-13-24)17-9-10-19-18(16-17)23-20-8-4-3-7-14-25(19)20/h9-10,16H,1-8,11-15H2,(H,22,26). The molecule has 5 nitrogen and oxygen atoms in total. The maximum absolute atomic E-state index is 12.5. The van der Waals surface area contributed by atoms with Gasteiger partial charge in [-0.15, -0.1) is 0 Å². The van der Waals surface area contributed by atoms with E-state index in [1.165, 1.54) is 69.4 Å². The maximum Gasteiger partial charge on any atom is 0.251 e. The van der Waals surface area contributed by atoms with E-state index in [-0.39, 0.29) is 5.91 Å². The van der Waals surface area contributed by atoms with Gasteiger partial charge in [0.2, 0.25) is 0 Å². The van der Waals surface area contributed by atoms with Crippen molar-refractivity contribution in [3.63, 3.8) is 0 Å². The number of hydrogen-bond acceptors (Lipinski definition) is 3. The molecule has 0 atom stereocenters. The Labute approximate surface area is 155 Å². The molecule has 3 heterocycles. The molecule has 0 radical (unpaired) electrons. The fraction of sp³-hybridized carbons (Fsp3) is 0.619. The van der Waals surface area contributed by atoms with E-state index in [0.717, 1.165) is 37.1 Å². The highest BCUT2D eigenvalue weighted by Crippen LogP contribution is 2.22. The number of imidazole rings is 1. The number of nitrogens with one attached hydrogen (secondary N) is 1. The molecular formula is C21H30N4O. The SMILES string of the molecule is O=C(NCCN1CCCCCC1)c1ccc2c(c1)nc1n2CCCCC1. The van der Waals surface area contributed by atoms with Crippen LogP contribution in [0.2, 0.25) is 0 Å². The summed E-state index contributed by atoms with van der Waals surface area (Å²) in [6.45, 7) is 5.06. The molecule has 1 amide bonds. The van der Waals surface area contributed by atoms with Gasteiger partial charge >= 0.3 is 0 Å². The number of likely N-dealkylation sites (tertiary alicyclic amines) is 1. The largest absolute Gasteiger partial charge is 0.351 e. The van der Waals surface area contributed by atoms with E-state index in [1.807, 2.05) is 12.1 Å². The normalized spacial score (nSPS) is 18.9. The van der Waals surface area contributed by atoms with E-state index in [2.05, 4.69) is 20.9 Å². The molecule has 26 heavy (non-hydrogen) atoms. The predicted molar refractivity (Wildman–Crippen MR) is 105 cm³/mol. The summed E-state index contributed by atoms with van der Waals surface area (Å²) in [6, 6.07) is 5.97. The molecule has 1 saturated heterocycles. The van der Waals surface area contributed by atoms with E-state index in [9.17, 15) is 4.79 Å². The van der Waals surface area contributed by atoms with Crippen LogP contribution in [0.15, 0.2) is 18.2 Å². The van der Waals surface area contributed by atoms with Crippen molar-refractivity contribution in [1.29, 1.82) is 0 Å². The molecule has 0 aliphatic carbocycles. The molecule has 4 rings (SSSR count). The second-order valence-electron chi connectivity index (χ2n) is 7.71. The van der Waals surface area contributed by atoms with E-state index in [0.29, 0.717) is 0 Å². The van der Waals surface area contributed by atoms with Gasteiger partial charge in [-0.2, -0.15) is 0 Å². The Morgan fingerprint density at radius 2 is 1.77 bits per heavy atom. The lowest BCUT2D eigenvalue weighted by Crippen LogP contribution is -2.35. The number of nitrogens with zero attached hydrogens (tertiary/aromatic N) is 3. The topological polar surface area (TPSA) is 50.2 Å². The Kier molecular flexibility index (Phi) is 5.54. The first kappa shape index (κ1) is 17.5. The third kappa shape index (κ3) is 3.93. The molecule has 1 N–H and O–H groups in total. The lowest BCUT2D eigenvalue weighted by molar-refractivity contribution is 0.0948. The Bertz CT molecular complexity index is 759. The van der Waals surface area contributed by atoms with Crippen LogP contribution in [0.5, 0.6) is 0 Å². The van der Waals surface area contributed by atoms with Crippen LogP contribution in [0.4, 0.5) is 0 Å². The van der Waals surface area contributed by atoms with Crippen LogP contribution in [-0.2, 0) is 13.0 Å². The quantitative estimate of drug-likeness (QED) is 0.916. The first-order valence-electron chi connectivity index (χ1n) is 10.3. The van der Waals surface area contributed by atoms with Gasteiger partial charge < -0.3 is 14.8 Å². The lowest BCUT2D eigenvalue weighted by Gasteiger charge is -2.19. The van der Waals surface area contributed by atoms with E-state index in [4.69, 9.17) is 4.98 Å².